The average molecular weight is 438 g/mol. The van der Waals surface area contributed by atoms with Crippen molar-refractivity contribution in [2.75, 3.05) is 11.1 Å². The van der Waals surface area contributed by atoms with Crippen LogP contribution in [0.3, 0.4) is 0 Å². The molecule has 31 heavy (non-hydrogen) atoms. The third kappa shape index (κ3) is 4.39. The van der Waals surface area contributed by atoms with E-state index in [1.54, 1.807) is 16.8 Å². The molecule has 0 aliphatic heterocycles. The van der Waals surface area contributed by atoms with Gasteiger partial charge in [0.05, 0.1) is 18.2 Å². The van der Waals surface area contributed by atoms with Crippen LogP contribution in [-0.4, -0.2) is 15.7 Å². The van der Waals surface area contributed by atoms with Crippen LogP contribution in [0.5, 0.6) is 0 Å². The number of hydrogen-bond donors (Lipinski definition) is 2. The van der Waals surface area contributed by atoms with E-state index in [1.807, 2.05) is 12.1 Å². The quantitative estimate of drug-likeness (QED) is 0.580. The number of carbonyl (C=O) groups is 1. The van der Waals surface area contributed by atoms with Gasteiger partial charge in [-0.2, -0.15) is 10.4 Å². The molecule has 1 heterocycles. The lowest BCUT2D eigenvalue weighted by atomic mass is 10.0. The summed E-state index contributed by atoms with van der Waals surface area (Å²) in [6.07, 6.45) is 4.36. The topological polar surface area (TPSA) is 96.7 Å². The fraction of sp³-hybridized carbons (Fsp3) is 0.261. The van der Waals surface area contributed by atoms with E-state index in [4.69, 9.17) is 17.3 Å². The Bertz CT molecular complexity index is 1160. The van der Waals surface area contributed by atoms with E-state index in [-0.39, 0.29) is 24.1 Å². The number of nitrogen functional groups attached to an aromatic ring is 1. The second kappa shape index (κ2) is 8.78. The van der Waals surface area contributed by atoms with Crippen LogP contribution in [-0.2, 0) is 11.2 Å². The Balaban J connectivity index is 1.51. The number of rotatable bonds is 5. The van der Waals surface area contributed by atoms with Gasteiger partial charge in [0.1, 0.15) is 29.0 Å². The molecule has 1 aliphatic rings. The molecule has 3 aromatic rings. The summed E-state index contributed by atoms with van der Waals surface area (Å²) in [7, 11) is 0. The van der Waals surface area contributed by atoms with Gasteiger partial charge in [0, 0.05) is 10.6 Å². The SMILES string of the molecule is N#Cc1c(-c2ccc(CC(=O)Nc3cc(Cl)ccc3F)cc2)nn(C2CCCC2)c1N. The third-order valence-electron chi connectivity index (χ3n) is 5.52. The smallest absolute Gasteiger partial charge is 0.228 e. The first-order chi connectivity index (χ1) is 15.0. The second-order valence-corrected chi connectivity index (χ2v) is 8.09. The van der Waals surface area contributed by atoms with Crippen LogP contribution >= 0.6 is 11.6 Å². The zero-order valence-corrected chi connectivity index (χ0v) is 17.5. The zero-order chi connectivity index (χ0) is 22.0. The molecule has 0 saturated heterocycles. The van der Waals surface area contributed by atoms with Crippen molar-refractivity contribution in [3.63, 3.8) is 0 Å². The summed E-state index contributed by atoms with van der Waals surface area (Å²) in [5, 5.41) is 17.1. The Morgan fingerprint density at radius 2 is 1.97 bits per heavy atom. The van der Waals surface area contributed by atoms with Crippen molar-refractivity contribution in [1.29, 1.82) is 5.26 Å². The minimum Gasteiger partial charge on any atom is -0.383 e. The van der Waals surface area contributed by atoms with E-state index in [2.05, 4.69) is 16.5 Å². The van der Waals surface area contributed by atoms with Crippen LogP contribution < -0.4 is 11.1 Å². The fourth-order valence-electron chi connectivity index (χ4n) is 3.94. The molecule has 8 heteroatoms. The van der Waals surface area contributed by atoms with Crippen LogP contribution in [0.25, 0.3) is 11.3 Å². The normalized spacial score (nSPS) is 13.8. The number of nitriles is 1. The third-order valence-corrected chi connectivity index (χ3v) is 5.76. The number of aromatic nitrogens is 2. The molecule has 3 N–H and O–H groups in total. The highest BCUT2D eigenvalue weighted by molar-refractivity contribution is 6.30. The van der Waals surface area contributed by atoms with Crippen molar-refractivity contribution in [2.24, 2.45) is 0 Å². The van der Waals surface area contributed by atoms with Crippen LogP contribution in [0, 0.1) is 17.1 Å². The zero-order valence-electron chi connectivity index (χ0n) is 16.7. The summed E-state index contributed by atoms with van der Waals surface area (Å²) in [4.78, 5) is 12.3. The van der Waals surface area contributed by atoms with Gasteiger partial charge in [0.2, 0.25) is 5.91 Å². The summed E-state index contributed by atoms with van der Waals surface area (Å²) in [6.45, 7) is 0. The largest absolute Gasteiger partial charge is 0.383 e. The Morgan fingerprint density at radius 1 is 1.26 bits per heavy atom. The number of amides is 1. The molecule has 0 bridgehead atoms. The molecule has 1 saturated carbocycles. The monoisotopic (exact) mass is 437 g/mol. The molecule has 0 spiro atoms. The summed E-state index contributed by atoms with van der Waals surface area (Å²) >= 11 is 5.86. The summed E-state index contributed by atoms with van der Waals surface area (Å²) in [5.41, 5.74) is 8.66. The molecule has 0 radical (unpaired) electrons. The number of benzene rings is 2. The van der Waals surface area contributed by atoms with E-state index in [9.17, 15) is 14.4 Å². The highest BCUT2D eigenvalue weighted by Gasteiger charge is 2.24. The van der Waals surface area contributed by atoms with Gasteiger partial charge in [-0.3, -0.25) is 4.79 Å². The van der Waals surface area contributed by atoms with Crippen molar-refractivity contribution >= 4 is 29.0 Å². The summed E-state index contributed by atoms with van der Waals surface area (Å²) < 4.78 is 15.6. The molecule has 0 atom stereocenters. The fourth-order valence-corrected chi connectivity index (χ4v) is 4.11. The molecule has 6 nitrogen and oxygen atoms in total. The van der Waals surface area contributed by atoms with Gasteiger partial charge in [-0.15, -0.1) is 0 Å². The van der Waals surface area contributed by atoms with Gasteiger partial charge in [-0.1, -0.05) is 48.7 Å². The van der Waals surface area contributed by atoms with Crippen molar-refractivity contribution < 1.29 is 9.18 Å². The Kier molecular flexibility index (Phi) is 5.92. The highest BCUT2D eigenvalue weighted by atomic mass is 35.5. The maximum Gasteiger partial charge on any atom is 0.228 e. The molecular formula is C23H21ClFN5O. The van der Waals surface area contributed by atoms with Crippen LogP contribution in [0.1, 0.15) is 42.9 Å². The molecular weight excluding hydrogens is 417 g/mol. The standard InChI is InChI=1S/C23H21ClFN5O/c24-16-9-10-19(25)20(12-16)28-21(31)11-14-5-7-15(8-6-14)22-18(13-26)23(27)30(29-22)17-3-1-2-4-17/h5-10,12,17H,1-4,11,27H2,(H,28,31). The van der Waals surface area contributed by atoms with Gasteiger partial charge >= 0.3 is 0 Å². The summed E-state index contributed by atoms with van der Waals surface area (Å²) in [5.74, 6) is -0.509. The minimum absolute atomic E-state index is 0.0423. The minimum atomic E-state index is -0.549. The molecule has 4 rings (SSSR count). The predicted octanol–water partition coefficient (Wildman–Crippen LogP) is 5.09. The first-order valence-corrected chi connectivity index (χ1v) is 10.5. The molecule has 158 valence electrons. The number of carbonyl (C=O) groups excluding carboxylic acids is 1. The van der Waals surface area contributed by atoms with Crippen LogP contribution in [0.2, 0.25) is 5.02 Å². The molecule has 2 aromatic carbocycles. The lowest BCUT2D eigenvalue weighted by molar-refractivity contribution is -0.115. The average Bonchev–Trinajstić information content (AvgIpc) is 3.39. The molecule has 0 unspecified atom stereocenters. The van der Waals surface area contributed by atoms with E-state index < -0.39 is 5.82 Å². The Morgan fingerprint density at radius 3 is 2.65 bits per heavy atom. The first kappa shape index (κ1) is 20.9. The van der Waals surface area contributed by atoms with Gasteiger partial charge < -0.3 is 11.1 Å². The molecule has 1 aromatic heterocycles. The van der Waals surface area contributed by atoms with E-state index >= 15 is 0 Å². The highest BCUT2D eigenvalue weighted by Crippen LogP contribution is 2.35. The van der Waals surface area contributed by atoms with E-state index in [0.29, 0.717) is 22.1 Å². The Labute approximate surface area is 184 Å². The number of anilines is 2. The Hall–Kier alpha value is -3.37. The lowest BCUT2D eigenvalue weighted by Gasteiger charge is -2.11. The maximum absolute atomic E-state index is 13.8. The van der Waals surface area contributed by atoms with Crippen molar-refractivity contribution in [2.45, 2.75) is 38.1 Å². The summed E-state index contributed by atoms with van der Waals surface area (Å²) in [6, 6.07) is 13.6. The lowest BCUT2D eigenvalue weighted by Crippen LogP contribution is -2.15. The van der Waals surface area contributed by atoms with Crippen molar-refractivity contribution in [3.8, 4) is 17.3 Å². The predicted molar refractivity (Wildman–Crippen MR) is 118 cm³/mol. The second-order valence-electron chi connectivity index (χ2n) is 7.65. The van der Waals surface area contributed by atoms with Gasteiger partial charge in [0.25, 0.3) is 0 Å². The van der Waals surface area contributed by atoms with E-state index in [1.165, 1.54) is 18.2 Å². The number of nitrogens with two attached hydrogens (primary N) is 1. The molecule has 1 amide bonds. The number of nitrogens with zero attached hydrogens (tertiary/aromatic N) is 3. The van der Waals surface area contributed by atoms with Crippen molar-refractivity contribution in [3.05, 3.63) is 64.4 Å². The molecule has 1 aliphatic carbocycles. The maximum atomic E-state index is 13.8. The number of halogens is 2. The van der Waals surface area contributed by atoms with Gasteiger partial charge in [-0.05, 0) is 36.6 Å². The molecule has 1 fully saturated rings. The van der Waals surface area contributed by atoms with Crippen molar-refractivity contribution in [1.82, 2.24) is 9.78 Å². The van der Waals surface area contributed by atoms with E-state index in [0.717, 1.165) is 36.8 Å². The number of nitrogens with one attached hydrogen (secondary N) is 1. The van der Waals surface area contributed by atoms with Crippen LogP contribution in [0.15, 0.2) is 42.5 Å². The van der Waals surface area contributed by atoms with Gasteiger partial charge in [0.15, 0.2) is 0 Å². The van der Waals surface area contributed by atoms with Crippen LogP contribution in [0.4, 0.5) is 15.9 Å². The number of hydrogen-bond acceptors (Lipinski definition) is 4. The first-order valence-electron chi connectivity index (χ1n) is 10.1. The van der Waals surface area contributed by atoms with Gasteiger partial charge in [-0.25, -0.2) is 9.07 Å².